The van der Waals surface area contributed by atoms with Gasteiger partial charge in [-0.1, -0.05) is 0 Å². The van der Waals surface area contributed by atoms with E-state index in [4.69, 9.17) is 9.47 Å². The van der Waals surface area contributed by atoms with Crippen LogP contribution in [0.3, 0.4) is 0 Å². The average Bonchev–Trinajstić information content (AvgIpc) is 3.17. The van der Waals surface area contributed by atoms with E-state index in [0.717, 1.165) is 16.9 Å². The summed E-state index contributed by atoms with van der Waals surface area (Å²) in [5.74, 6) is 1.40. The van der Waals surface area contributed by atoms with Crippen molar-refractivity contribution in [2.24, 2.45) is 0 Å². The maximum absolute atomic E-state index is 12.6. The Morgan fingerprint density at radius 2 is 2.12 bits per heavy atom. The number of aliphatic hydroxyl groups excluding tert-OH is 1. The van der Waals surface area contributed by atoms with Crippen molar-refractivity contribution in [1.29, 1.82) is 0 Å². The van der Waals surface area contributed by atoms with Crippen LogP contribution in [0.4, 0.5) is 5.69 Å². The third-order valence-electron chi connectivity index (χ3n) is 4.24. The van der Waals surface area contributed by atoms with E-state index < -0.39 is 6.10 Å². The summed E-state index contributed by atoms with van der Waals surface area (Å²) in [5.41, 5.74) is 2.52. The summed E-state index contributed by atoms with van der Waals surface area (Å²) in [5, 5.41) is 14.1. The highest BCUT2D eigenvalue weighted by atomic mass is 32.1. The van der Waals surface area contributed by atoms with Crippen LogP contribution >= 0.6 is 11.5 Å². The molecule has 4 rings (SSSR count). The summed E-state index contributed by atoms with van der Waals surface area (Å²) in [6.45, 7) is 4.57. The molecular weight excluding hydrogens is 354 g/mol. The van der Waals surface area contributed by atoms with Crippen molar-refractivity contribution in [3.8, 4) is 11.5 Å². The minimum Gasteiger partial charge on any atom is -0.454 e. The Morgan fingerprint density at radius 1 is 1.31 bits per heavy atom. The molecule has 0 fully saturated rings. The first-order valence-electron chi connectivity index (χ1n) is 8.31. The Morgan fingerprint density at radius 3 is 2.96 bits per heavy atom. The van der Waals surface area contributed by atoms with Gasteiger partial charge in [-0.3, -0.25) is 8.75 Å². The number of nitrogens with zero attached hydrogens (tertiary/aromatic N) is 2. The van der Waals surface area contributed by atoms with Gasteiger partial charge in [0.1, 0.15) is 4.83 Å². The molecule has 0 aliphatic carbocycles. The molecule has 0 saturated carbocycles. The molecule has 2 aromatic heterocycles. The van der Waals surface area contributed by atoms with E-state index in [-0.39, 0.29) is 18.9 Å². The molecule has 0 radical (unpaired) electrons. The summed E-state index contributed by atoms with van der Waals surface area (Å²) in [6, 6.07) is 7.42. The van der Waals surface area contributed by atoms with E-state index >= 15 is 0 Å². The monoisotopic (exact) mass is 373 g/mol. The number of benzene rings is 1. The number of nitrogens with one attached hydrogen (secondary N) is 1. The number of hydrogen-bond donors (Lipinski definition) is 2. The first-order chi connectivity index (χ1) is 12.5. The first kappa shape index (κ1) is 16.9. The average molecular weight is 373 g/mol. The van der Waals surface area contributed by atoms with Gasteiger partial charge in [-0.25, -0.2) is 4.98 Å². The van der Waals surface area contributed by atoms with Crippen LogP contribution in [-0.2, 0) is 6.54 Å². The molecular formula is C18H19N3O4S. The maximum Gasteiger partial charge on any atom is 0.270 e. The van der Waals surface area contributed by atoms with Crippen LogP contribution in [0.1, 0.15) is 11.3 Å². The van der Waals surface area contributed by atoms with Gasteiger partial charge in [0.15, 0.2) is 11.5 Å². The van der Waals surface area contributed by atoms with Crippen LogP contribution in [0.2, 0.25) is 0 Å². The van der Waals surface area contributed by atoms with Crippen LogP contribution in [0, 0.1) is 13.8 Å². The molecule has 0 amide bonds. The molecule has 2 N–H and O–H groups in total. The van der Waals surface area contributed by atoms with Crippen LogP contribution in [0.15, 0.2) is 29.1 Å². The van der Waals surface area contributed by atoms with Crippen LogP contribution < -0.4 is 20.3 Å². The number of ether oxygens (including phenoxy) is 2. The predicted octanol–water partition coefficient (Wildman–Crippen LogP) is 2.28. The predicted molar refractivity (Wildman–Crippen MR) is 100 cm³/mol. The standard InChI is InChI=1S/C18H19N3O4S/c1-10-5-11(2)20-17-16(10)18(23)21(26-17)8-13(22)7-19-12-3-4-14-15(6-12)25-9-24-14/h3-6,13,19,22H,7-9H2,1-2H3. The number of rotatable bonds is 5. The van der Waals surface area contributed by atoms with E-state index in [2.05, 4.69) is 10.3 Å². The van der Waals surface area contributed by atoms with Gasteiger partial charge in [0.25, 0.3) is 5.56 Å². The lowest BCUT2D eigenvalue weighted by Gasteiger charge is -2.13. The molecule has 3 aromatic rings. The van der Waals surface area contributed by atoms with Crippen molar-refractivity contribution in [2.75, 3.05) is 18.7 Å². The Kier molecular flexibility index (Phi) is 4.29. The molecule has 1 unspecified atom stereocenters. The Labute approximate surface area is 154 Å². The summed E-state index contributed by atoms with van der Waals surface area (Å²) in [7, 11) is 0. The highest BCUT2D eigenvalue weighted by molar-refractivity contribution is 7.13. The van der Waals surface area contributed by atoms with Crippen LogP contribution in [0.25, 0.3) is 10.2 Å². The van der Waals surface area contributed by atoms with E-state index in [1.807, 2.05) is 38.1 Å². The third kappa shape index (κ3) is 3.13. The first-order valence-corrected chi connectivity index (χ1v) is 9.08. The molecule has 1 atom stereocenters. The van der Waals surface area contributed by atoms with Gasteiger partial charge in [0.2, 0.25) is 6.79 Å². The quantitative estimate of drug-likeness (QED) is 0.714. The largest absolute Gasteiger partial charge is 0.454 e. The topological polar surface area (TPSA) is 85.6 Å². The van der Waals surface area contributed by atoms with Crippen molar-refractivity contribution in [2.45, 2.75) is 26.5 Å². The molecule has 136 valence electrons. The number of hydrogen-bond acceptors (Lipinski definition) is 7. The van der Waals surface area contributed by atoms with E-state index in [0.29, 0.717) is 28.3 Å². The lowest BCUT2D eigenvalue weighted by molar-refractivity contribution is 0.169. The summed E-state index contributed by atoms with van der Waals surface area (Å²) in [6.07, 6.45) is -0.715. The summed E-state index contributed by atoms with van der Waals surface area (Å²) < 4.78 is 12.2. The molecule has 3 heterocycles. The second-order valence-electron chi connectivity index (χ2n) is 6.32. The highest BCUT2D eigenvalue weighted by Gasteiger charge is 2.16. The molecule has 0 bridgehead atoms. The minimum atomic E-state index is -0.715. The fourth-order valence-electron chi connectivity index (χ4n) is 3.02. The number of pyridine rings is 1. The highest BCUT2D eigenvalue weighted by Crippen LogP contribution is 2.34. The van der Waals surface area contributed by atoms with Crippen molar-refractivity contribution in [3.63, 3.8) is 0 Å². The zero-order chi connectivity index (χ0) is 18.3. The molecule has 1 aliphatic rings. The number of anilines is 1. The van der Waals surface area contributed by atoms with Gasteiger partial charge >= 0.3 is 0 Å². The molecule has 1 aliphatic heterocycles. The maximum atomic E-state index is 12.6. The summed E-state index contributed by atoms with van der Waals surface area (Å²) in [4.78, 5) is 17.7. The lowest BCUT2D eigenvalue weighted by Crippen LogP contribution is -2.28. The molecule has 0 saturated heterocycles. The molecule has 0 spiro atoms. The number of aryl methyl sites for hydroxylation is 2. The number of aromatic nitrogens is 2. The zero-order valence-electron chi connectivity index (χ0n) is 14.5. The van der Waals surface area contributed by atoms with Gasteiger partial charge in [0.05, 0.1) is 18.0 Å². The fraction of sp³-hybridized carbons (Fsp3) is 0.333. The summed E-state index contributed by atoms with van der Waals surface area (Å²) >= 11 is 1.29. The second-order valence-corrected chi connectivity index (χ2v) is 7.33. The SMILES string of the molecule is Cc1cc(C)c2c(=O)n(CC(O)CNc3ccc4c(c3)OCO4)sc2n1. The lowest BCUT2D eigenvalue weighted by atomic mass is 10.2. The molecule has 7 nitrogen and oxygen atoms in total. The van der Waals surface area contributed by atoms with Gasteiger partial charge < -0.3 is 19.9 Å². The van der Waals surface area contributed by atoms with Crippen molar-refractivity contribution < 1.29 is 14.6 Å². The number of aliphatic hydroxyl groups is 1. The number of fused-ring (bicyclic) bond motifs is 2. The normalized spacial score (nSPS) is 14.0. The van der Waals surface area contributed by atoms with Crippen LogP contribution in [-0.4, -0.2) is 33.5 Å². The van der Waals surface area contributed by atoms with Crippen LogP contribution in [0.5, 0.6) is 11.5 Å². The molecule has 1 aromatic carbocycles. The smallest absolute Gasteiger partial charge is 0.270 e. The van der Waals surface area contributed by atoms with E-state index in [9.17, 15) is 9.90 Å². The van der Waals surface area contributed by atoms with Gasteiger partial charge in [-0.15, -0.1) is 0 Å². The second kappa shape index (κ2) is 6.62. The van der Waals surface area contributed by atoms with Crippen molar-refractivity contribution in [3.05, 3.63) is 45.9 Å². The van der Waals surface area contributed by atoms with E-state index in [1.54, 1.807) is 3.96 Å². The van der Waals surface area contributed by atoms with E-state index in [1.165, 1.54) is 11.5 Å². The zero-order valence-corrected chi connectivity index (χ0v) is 15.3. The Hall–Kier alpha value is -2.58. The van der Waals surface area contributed by atoms with Gasteiger partial charge in [-0.05, 0) is 49.1 Å². The minimum absolute atomic E-state index is 0.0999. The van der Waals surface area contributed by atoms with Gasteiger partial charge in [0, 0.05) is 24.0 Å². The fourth-order valence-corrected chi connectivity index (χ4v) is 4.17. The van der Waals surface area contributed by atoms with Gasteiger partial charge in [-0.2, -0.15) is 0 Å². The molecule has 26 heavy (non-hydrogen) atoms. The third-order valence-corrected chi connectivity index (χ3v) is 5.24. The van der Waals surface area contributed by atoms with Crippen molar-refractivity contribution >= 4 is 27.4 Å². The van der Waals surface area contributed by atoms with Crippen molar-refractivity contribution in [1.82, 2.24) is 8.94 Å². The Bertz CT molecular complexity index is 1030. The molecule has 8 heteroatoms. The Balaban J connectivity index is 1.46.